The number of nitrogens with one attached hydrogen (secondary N) is 1. The lowest BCUT2D eigenvalue weighted by atomic mass is 10.1. The molecule has 6 nitrogen and oxygen atoms in total. The summed E-state index contributed by atoms with van der Waals surface area (Å²) in [5.74, 6) is -0.887. The zero-order valence-corrected chi connectivity index (χ0v) is 15.2. The van der Waals surface area contributed by atoms with Crippen LogP contribution in [0, 0.1) is 13.8 Å². The molecule has 26 heavy (non-hydrogen) atoms. The molecular formula is C19H17N3O3S. The standard InChI is InChI=1S/C19H17N3O3S/c1-12-5-6-15(13(2)8-12)21-17(23)11-22-18(24)16(26-19(22)25)9-14-4-3-7-20-10-14/h3-10H,11H2,1-2H3,(H,21,23)/b16-9+. The highest BCUT2D eigenvalue weighted by molar-refractivity contribution is 8.18. The Labute approximate surface area is 155 Å². The van der Waals surface area contributed by atoms with Gasteiger partial charge in [0.1, 0.15) is 6.54 Å². The Bertz CT molecular complexity index is 910. The Balaban J connectivity index is 1.69. The summed E-state index contributed by atoms with van der Waals surface area (Å²) < 4.78 is 0. The van der Waals surface area contributed by atoms with Crippen molar-refractivity contribution in [2.45, 2.75) is 13.8 Å². The van der Waals surface area contributed by atoms with Crippen molar-refractivity contribution in [1.29, 1.82) is 0 Å². The minimum absolute atomic E-state index is 0.280. The Morgan fingerprint density at radius 3 is 2.77 bits per heavy atom. The molecule has 1 aromatic heterocycles. The molecule has 0 saturated carbocycles. The van der Waals surface area contributed by atoms with Crippen molar-refractivity contribution in [1.82, 2.24) is 9.88 Å². The monoisotopic (exact) mass is 367 g/mol. The summed E-state index contributed by atoms with van der Waals surface area (Å²) in [5, 5.41) is 2.29. The maximum atomic E-state index is 12.4. The first-order chi connectivity index (χ1) is 12.4. The Morgan fingerprint density at radius 1 is 1.27 bits per heavy atom. The molecule has 0 bridgehead atoms. The molecule has 1 aromatic carbocycles. The molecule has 1 N–H and O–H groups in total. The van der Waals surface area contributed by atoms with Crippen molar-refractivity contribution in [3.8, 4) is 0 Å². The first kappa shape index (κ1) is 17.9. The number of benzene rings is 1. The number of nitrogens with zero attached hydrogens (tertiary/aromatic N) is 2. The van der Waals surface area contributed by atoms with Gasteiger partial charge in [0.15, 0.2) is 0 Å². The number of thioether (sulfide) groups is 1. The first-order valence-electron chi connectivity index (χ1n) is 7.96. The van der Waals surface area contributed by atoms with Crippen molar-refractivity contribution in [2.24, 2.45) is 0 Å². The number of anilines is 1. The van der Waals surface area contributed by atoms with Crippen LogP contribution in [-0.4, -0.2) is 33.5 Å². The third kappa shape index (κ3) is 4.00. The molecule has 2 heterocycles. The van der Waals surface area contributed by atoms with Crippen molar-refractivity contribution < 1.29 is 14.4 Å². The van der Waals surface area contributed by atoms with E-state index in [0.29, 0.717) is 5.69 Å². The third-order valence-electron chi connectivity index (χ3n) is 3.81. The number of rotatable bonds is 4. The van der Waals surface area contributed by atoms with Gasteiger partial charge in [0.05, 0.1) is 4.91 Å². The molecular weight excluding hydrogens is 350 g/mol. The molecule has 0 atom stereocenters. The van der Waals surface area contributed by atoms with Crippen LogP contribution in [0.25, 0.3) is 6.08 Å². The van der Waals surface area contributed by atoms with E-state index < -0.39 is 17.1 Å². The number of carbonyl (C=O) groups excluding carboxylic acids is 3. The third-order valence-corrected chi connectivity index (χ3v) is 4.72. The molecule has 3 amide bonds. The average molecular weight is 367 g/mol. The topological polar surface area (TPSA) is 79.4 Å². The van der Waals surface area contributed by atoms with Crippen LogP contribution in [0.3, 0.4) is 0 Å². The van der Waals surface area contributed by atoms with Gasteiger partial charge in [-0.3, -0.25) is 24.3 Å². The fourth-order valence-corrected chi connectivity index (χ4v) is 3.37. The quantitative estimate of drug-likeness (QED) is 0.838. The maximum Gasteiger partial charge on any atom is 0.294 e. The predicted octanol–water partition coefficient (Wildman–Crippen LogP) is 3.37. The Hall–Kier alpha value is -2.93. The molecule has 3 rings (SSSR count). The zero-order valence-electron chi connectivity index (χ0n) is 14.4. The molecule has 1 saturated heterocycles. The van der Waals surface area contributed by atoms with Crippen molar-refractivity contribution >= 4 is 40.6 Å². The number of imide groups is 1. The van der Waals surface area contributed by atoms with E-state index in [1.54, 1.807) is 36.7 Å². The number of amides is 3. The van der Waals surface area contributed by atoms with Gasteiger partial charge in [-0.25, -0.2) is 0 Å². The smallest absolute Gasteiger partial charge is 0.294 e. The number of aryl methyl sites for hydroxylation is 2. The SMILES string of the molecule is Cc1ccc(NC(=O)CN2C(=O)S/C(=C/c3cccnc3)C2=O)c(C)c1. The van der Waals surface area contributed by atoms with Crippen LogP contribution in [0.5, 0.6) is 0 Å². The second-order valence-electron chi connectivity index (χ2n) is 5.92. The molecule has 2 aromatic rings. The van der Waals surface area contributed by atoms with Crippen LogP contribution in [-0.2, 0) is 9.59 Å². The lowest BCUT2D eigenvalue weighted by molar-refractivity contribution is -0.127. The second-order valence-corrected chi connectivity index (χ2v) is 6.91. The van der Waals surface area contributed by atoms with Gasteiger partial charge in [-0.1, -0.05) is 23.8 Å². The van der Waals surface area contributed by atoms with Crippen LogP contribution in [0.4, 0.5) is 10.5 Å². The maximum absolute atomic E-state index is 12.4. The summed E-state index contributed by atoms with van der Waals surface area (Å²) in [6.07, 6.45) is 4.82. The van der Waals surface area contributed by atoms with Crippen molar-refractivity contribution in [2.75, 3.05) is 11.9 Å². The van der Waals surface area contributed by atoms with Crippen LogP contribution >= 0.6 is 11.8 Å². The van der Waals surface area contributed by atoms with E-state index in [0.717, 1.165) is 33.4 Å². The van der Waals surface area contributed by atoms with E-state index in [4.69, 9.17) is 0 Å². The second kappa shape index (κ2) is 7.53. The minimum atomic E-state index is -0.473. The lowest BCUT2D eigenvalue weighted by Gasteiger charge is -2.13. The summed E-state index contributed by atoms with van der Waals surface area (Å²) in [6, 6.07) is 9.17. The fraction of sp³-hybridized carbons (Fsp3) is 0.158. The van der Waals surface area contributed by atoms with Gasteiger partial charge in [-0.15, -0.1) is 0 Å². The fourth-order valence-electron chi connectivity index (χ4n) is 2.54. The first-order valence-corrected chi connectivity index (χ1v) is 8.78. The zero-order chi connectivity index (χ0) is 18.7. The number of hydrogen-bond donors (Lipinski definition) is 1. The molecule has 0 unspecified atom stereocenters. The summed E-state index contributed by atoms with van der Waals surface area (Å²) in [6.45, 7) is 3.54. The van der Waals surface area contributed by atoms with Gasteiger partial charge in [-0.2, -0.15) is 0 Å². The summed E-state index contributed by atoms with van der Waals surface area (Å²) in [4.78, 5) is 42.0. The molecule has 1 aliphatic rings. The molecule has 132 valence electrons. The summed E-state index contributed by atoms with van der Waals surface area (Å²) >= 11 is 0.821. The Morgan fingerprint density at radius 2 is 2.08 bits per heavy atom. The van der Waals surface area contributed by atoms with Crippen LogP contribution in [0.15, 0.2) is 47.6 Å². The number of hydrogen-bond acceptors (Lipinski definition) is 5. The summed E-state index contributed by atoms with van der Waals surface area (Å²) in [7, 11) is 0. The predicted molar refractivity (Wildman–Crippen MR) is 101 cm³/mol. The lowest BCUT2D eigenvalue weighted by Crippen LogP contribution is -2.36. The number of pyridine rings is 1. The highest BCUT2D eigenvalue weighted by atomic mass is 32.2. The van der Waals surface area contributed by atoms with Gasteiger partial charge in [0.2, 0.25) is 5.91 Å². The Kier molecular flexibility index (Phi) is 5.18. The average Bonchev–Trinajstić information content (AvgIpc) is 2.86. The van der Waals surface area contributed by atoms with Gasteiger partial charge >= 0.3 is 0 Å². The van der Waals surface area contributed by atoms with Crippen LogP contribution < -0.4 is 5.32 Å². The van der Waals surface area contributed by atoms with Crippen molar-refractivity contribution in [3.05, 3.63) is 64.3 Å². The largest absolute Gasteiger partial charge is 0.324 e. The van der Waals surface area contributed by atoms with E-state index in [-0.39, 0.29) is 11.4 Å². The van der Waals surface area contributed by atoms with Crippen LogP contribution in [0.2, 0.25) is 0 Å². The molecule has 0 aliphatic carbocycles. The number of carbonyl (C=O) groups is 3. The van der Waals surface area contributed by atoms with Gasteiger partial charge in [-0.05, 0) is 54.9 Å². The van der Waals surface area contributed by atoms with E-state index in [1.807, 2.05) is 26.0 Å². The van der Waals surface area contributed by atoms with E-state index in [2.05, 4.69) is 10.3 Å². The molecule has 0 radical (unpaired) electrons. The van der Waals surface area contributed by atoms with Gasteiger partial charge < -0.3 is 5.32 Å². The molecule has 0 spiro atoms. The molecule has 1 aliphatic heterocycles. The van der Waals surface area contributed by atoms with E-state index in [9.17, 15) is 14.4 Å². The van der Waals surface area contributed by atoms with Crippen LogP contribution in [0.1, 0.15) is 16.7 Å². The van der Waals surface area contributed by atoms with E-state index in [1.165, 1.54) is 0 Å². The number of aromatic nitrogens is 1. The van der Waals surface area contributed by atoms with Gasteiger partial charge in [0.25, 0.3) is 11.1 Å². The minimum Gasteiger partial charge on any atom is -0.324 e. The van der Waals surface area contributed by atoms with Crippen molar-refractivity contribution in [3.63, 3.8) is 0 Å². The normalized spacial score (nSPS) is 15.6. The van der Waals surface area contributed by atoms with E-state index >= 15 is 0 Å². The highest BCUT2D eigenvalue weighted by Gasteiger charge is 2.36. The van der Waals surface area contributed by atoms with Gasteiger partial charge in [0, 0.05) is 18.1 Å². The highest BCUT2D eigenvalue weighted by Crippen LogP contribution is 2.32. The summed E-state index contributed by atoms with van der Waals surface area (Å²) in [5.41, 5.74) is 3.40. The molecule has 7 heteroatoms. The molecule has 1 fully saturated rings.